The summed E-state index contributed by atoms with van der Waals surface area (Å²) in [6, 6.07) is 0. The Bertz CT molecular complexity index is 242. The van der Waals surface area contributed by atoms with Crippen molar-refractivity contribution >= 4 is 5.71 Å². The molecule has 68 valence electrons. The van der Waals surface area contributed by atoms with Crippen LogP contribution in [-0.4, -0.2) is 16.4 Å². The standard InChI is InChI=1S/C10H17NO/c1-9(2)6-4-7(9)10(3,12)8(11)5-6/h6-7,11-12H,4-5H2,1-3H3. The maximum absolute atomic E-state index is 10.1. The average Bonchev–Trinajstić information content (AvgIpc) is 1.93. The van der Waals surface area contributed by atoms with Crippen molar-refractivity contribution in [3.05, 3.63) is 0 Å². The first kappa shape index (κ1) is 8.24. The monoisotopic (exact) mass is 167 g/mol. The maximum atomic E-state index is 10.1. The topological polar surface area (TPSA) is 44.1 Å². The van der Waals surface area contributed by atoms with Crippen LogP contribution in [0, 0.1) is 22.7 Å². The van der Waals surface area contributed by atoms with Crippen LogP contribution >= 0.6 is 0 Å². The molecule has 0 radical (unpaired) electrons. The molecule has 0 amide bonds. The first-order valence-corrected chi connectivity index (χ1v) is 4.67. The van der Waals surface area contributed by atoms with Crippen LogP contribution in [0.1, 0.15) is 33.6 Å². The van der Waals surface area contributed by atoms with Crippen molar-refractivity contribution in [2.45, 2.75) is 39.2 Å². The van der Waals surface area contributed by atoms with E-state index in [9.17, 15) is 5.11 Å². The van der Waals surface area contributed by atoms with Gasteiger partial charge in [0.2, 0.25) is 0 Å². The third-order valence-corrected chi connectivity index (χ3v) is 4.21. The van der Waals surface area contributed by atoms with Crippen LogP contribution in [0.4, 0.5) is 0 Å². The molecule has 0 saturated heterocycles. The Labute approximate surface area is 73.5 Å². The summed E-state index contributed by atoms with van der Waals surface area (Å²) in [6.45, 7) is 6.23. The van der Waals surface area contributed by atoms with E-state index < -0.39 is 5.60 Å². The van der Waals surface area contributed by atoms with Gasteiger partial charge in [-0.3, -0.25) is 0 Å². The van der Waals surface area contributed by atoms with Gasteiger partial charge in [-0.2, -0.15) is 0 Å². The third kappa shape index (κ3) is 0.717. The fourth-order valence-corrected chi connectivity index (χ4v) is 2.98. The zero-order valence-corrected chi connectivity index (χ0v) is 8.02. The summed E-state index contributed by atoms with van der Waals surface area (Å²) < 4.78 is 0. The second-order valence-electron chi connectivity index (χ2n) is 5.14. The minimum absolute atomic E-state index is 0.258. The van der Waals surface area contributed by atoms with Crippen LogP contribution in [0.5, 0.6) is 0 Å². The highest BCUT2D eigenvalue weighted by Crippen LogP contribution is 2.61. The normalized spacial score (nSPS) is 50.2. The Morgan fingerprint density at radius 3 is 2.33 bits per heavy atom. The molecule has 2 nitrogen and oxygen atoms in total. The van der Waals surface area contributed by atoms with Gasteiger partial charge in [0.05, 0.1) is 0 Å². The molecule has 0 spiro atoms. The summed E-state index contributed by atoms with van der Waals surface area (Å²) in [5, 5.41) is 17.7. The Morgan fingerprint density at radius 1 is 1.42 bits per heavy atom. The van der Waals surface area contributed by atoms with Crippen molar-refractivity contribution in [3.8, 4) is 0 Å². The Kier molecular flexibility index (Phi) is 1.32. The molecular weight excluding hydrogens is 150 g/mol. The Morgan fingerprint density at radius 2 is 2.00 bits per heavy atom. The summed E-state index contributed by atoms with van der Waals surface area (Å²) in [5.41, 5.74) is -0.0187. The number of rotatable bonds is 0. The number of aliphatic hydroxyl groups is 1. The molecule has 2 heteroatoms. The van der Waals surface area contributed by atoms with Crippen molar-refractivity contribution in [1.82, 2.24) is 0 Å². The third-order valence-electron chi connectivity index (χ3n) is 4.21. The van der Waals surface area contributed by atoms with Gasteiger partial charge in [-0.1, -0.05) is 13.8 Å². The van der Waals surface area contributed by atoms with Gasteiger partial charge in [0.1, 0.15) is 5.60 Å². The molecule has 2 bridgehead atoms. The quantitative estimate of drug-likeness (QED) is 0.568. The fraction of sp³-hybridized carbons (Fsp3) is 0.900. The molecule has 12 heavy (non-hydrogen) atoms. The molecule has 3 atom stereocenters. The molecule has 3 unspecified atom stereocenters. The van der Waals surface area contributed by atoms with E-state index in [2.05, 4.69) is 13.8 Å². The highest BCUT2D eigenvalue weighted by atomic mass is 16.3. The van der Waals surface area contributed by atoms with Gasteiger partial charge < -0.3 is 10.5 Å². The molecular formula is C10H17NO. The molecule has 0 heterocycles. The number of fused-ring (bicyclic) bond motifs is 2. The van der Waals surface area contributed by atoms with Gasteiger partial charge in [0.15, 0.2) is 0 Å². The number of nitrogens with one attached hydrogen (secondary N) is 1. The van der Waals surface area contributed by atoms with Crippen LogP contribution in [0.25, 0.3) is 0 Å². The molecule has 3 aliphatic rings. The molecule has 3 fully saturated rings. The lowest BCUT2D eigenvalue weighted by molar-refractivity contribution is -0.134. The van der Waals surface area contributed by atoms with Gasteiger partial charge in [0, 0.05) is 5.71 Å². The van der Waals surface area contributed by atoms with Crippen molar-refractivity contribution in [2.24, 2.45) is 17.3 Å². The lowest BCUT2D eigenvalue weighted by Gasteiger charge is -2.62. The molecule has 0 aromatic heterocycles. The number of hydrogen-bond donors (Lipinski definition) is 2. The van der Waals surface area contributed by atoms with Crippen molar-refractivity contribution < 1.29 is 5.11 Å². The average molecular weight is 167 g/mol. The molecule has 3 aliphatic carbocycles. The van der Waals surface area contributed by atoms with E-state index in [-0.39, 0.29) is 5.41 Å². The highest BCUT2D eigenvalue weighted by Gasteiger charge is 2.61. The SMILES string of the molecule is CC1(O)C(=N)CC2CC1C2(C)C. The van der Waals surface area contributed by atoms with Gasteiger partial charge in [-0.25, -0.2) is 0 Å². The Balaban J connectivity index is 2.33. The predicted molar refractivity (Wildman–Crippen MR) is 48.3 cm³/mol. The summed E-state index contributed by atoms with van der Waals surface area (Å²) in [6.07, 6.45) is 1.92. The van der Waals surface area contributed by atoms with Gasteiger partial charge in [-0.05, 0) is 37.0 Å². The maximum Gasteiger partial charge on any atom is 0.102 e. The molecule has 2 N–H and O–H groups in total. The van der Waals surface area contributed by atoms with Crippen LogP contribution in [0.2, 0.25) is 0 Å². The molecule has 3 rings (SSSR count). The summed E-state index contributed by atoms with van der Waals surface area (Å²) in [4.78, 5) is 0. The van der Waals surface area contributed by atoms with Crippen LogP contribution < -0.4 is 0 Å². The van der Waals surface area contributed by atoms with Gasteiger partial charge >= 0.3 is 0 Å². The van der Waals surface area contributed by atoms with Crippen LogP contribution in [-0.2, 0) is 0 Å². The smallest absolute Gasteiger partial charge is 0.102 e. The lowest BCUT2D eigenvalue weighted by Crippen LogP contribution is -2.64. The van der Waals surface area contributed by atoms with Crippen molar-refractivity contribution in [1.29, 1.82) is 5.41 Å². The summed E-state index contributed by atoms with van der Waals surface area (Å²) in [7, 11) is 0. The molecule has 3 saturated carbocycles. The molecule has 0 aromatic carbocycles. The minimum atomic E-state index is -0.821. The largest absolute Gasteiger partial charge is 0.384 e. The predicted octanol–water partition coefficient (Wildman–Crippen LogP) is 1.82. The molecule has 0 aliphatic heterocycles. The van der Waals surface area contributed by atoms with E-state index in [1.807, 2.05) is 0 Å². The van der Waals surface area contributed by atoms with E-state index in [1.165, 1.54) is 0 Å². The first-order chi connectivity index (χ1) is 5.37. The fourth-order valence-electron chi connectivity index (χ4n) is 2.98. The van der Waals surface area contributed by atoms with E-state index in [4.69, 9.17) is 5.41 Å². The number of hydrogen-bond acceptors (Lipinski definition) is 2. The molecule has 0 aromatic rings. The zero-order valence-electron chi connectivity index (χ0n) is 8.02. The second kappa shape index (κ2) is 1.92. The van der Waals surface area contributed by atoms with Crippen LogP contribution in [0.15, 0.2) is 0 Å². The van der Waals surface area contributed by atoms with Crippen molar-refractivity contribution in [3.63, 3.8) is 0 Å². The van der Waals surface area contributed by atoms with Gasteiger partial charge in [0.25, 0.3) is 0 Å². The Hall–Kier alpha value is -0.370. The minimum Gasteiger partial charge on any atom is -0.384 e. The van der Waals surface area contributed by atoms with E-state index >= 15 is 0 Å². The van der Waals surface area contributed by atoms with Crippen molar-refractivity contribution in [2.75, 3.05) is 0 Å². The lowest BCUT2D eigenvalue weighted by atomic mass is 9.44. The van der Waals surface area contributed by atoms with E-state index in [1.54, 1.807) is 6.92 Å². The van der Waals surface area contributed by atoms with E-state index in [0.29, 0.717) is 17.5 Å². The van der Waals surface area contributed by atoms with E-state index in [0.717, 1.165) is 12.8 Å². The zero-order chi connectivity index (χ0) is 9.15. The highest BCUT2D eigenvalue weighted by molar-refractivity contribution is 5.91. The van der Waals surface area contributed by atoms with Crippen LogP contribution in [0.3, 0.4) is 0 Å². The summed E-state index contributed by atoms with van der Waals surface area (Å²) in [5.74, 6) is 0.964. The summed E-state index contributed by atoms with van der Waals surface area (Å²) >= 11 is 0. The second-order valence-corrected chi connectivity index (χ2v) is 5.14. The van der Waals surface area contributed by atoms with Gasteiger partial charge in [-0.15, -0.1) is 0 Å². The first-order valence-electron chi connectivity index (χ1n) is 4.67.